The van der Waals surface area contributed by atoms with Crippen LogP contribution in [0.5, 0.6) is 0 Å². The molecule has 4 heteroatoms. The van der Waals surface area contributed by atoms with E-state index in [1.807, 2.05) is 6.92 Å². The summed E-state index contributed by atoms with van der Waals surface area (Å²) in [6.45, 7) is 4.37. The molecule has 0 rings (SSSR count). The number of hydrogen-bond acceptors (Lipinski definition) is 3. The maximum absolute atomic E-state index is 10.4. The third-order valence-corrected chi connectivity index (χ3v) is 1.31. The predicted molar refractivity (Wildman–Crippen MR) is 33.4 cm³/mol. The Morgan fingerprint density at radius 2 is 2.25 bits per heavy atom. The van der Waals surface area contributed by atoms with Gasteiger partial charge in [0.1, 0.15) is 0 Å². The molecule has 0 aliphatic carbocycles. The second-order valence-corrected chi connectivity index (χ2v) is 2.53. The van der Waals surface area contributed by atoms with Crippen LogP contribution in [0.25, 0.3) is 0 Å². The summed E-state index contributed by atoms with van der Waals surface area (Å²) in [7, 11) is 0. The highest BCUT2D eigenvalue weighted by Gasteiger charge is 1.90. The molecule has 0 bridgehead atoms. The molecule has 50 valence electrons. The summed E-state index contributed by atoms with van der Waals surface area (Å²) < 4.78 is 15.0. The third-order valence-electron chi connectivity index (χ3n) is 0.532. The Hall–Kier alpha value is 0.0700. The van der Waals surface area contributed by atoms with Gasteiger partial charge in [-0.05, 0) is 0 Å². The van der Waals surface area contributed by atoms with Crippen molar-refractivity contribution in [2.24, 2.45) is 0 Å². The summed E-state index contributed by atoms with van der Waals surface area (Å²) in [6, 6.07) is 0. The minimum Gasteiger partial charge on any atom is -0.228 e. The first-order chi connectivity index (χ1) is 3.81. The molecule has 0 amide bonds. The first-order valence-corrected chi connectivity index (χ1v) is 3.84. The van der Waals surface area contributed by atoms with Crippen LogP contribution in [0.4, 0.5) is 0 Å². The van der Waals surface area contributed by atoms with E-state index in [1.54, 1.807) is 6.92 Å². The van der Waals surface area contributed by atoms with E-state index in [2.05, 4.69) is 9.76 Å². The lowest BCUT2D eigenvalue weighted by Crippen LogP contribution is -2.16. The Bertz CT molecular complexity index is 76.4. The van der Waals surface area contributed by atoms with Crippen molar-refractivity contribution in [2.75, 3.05) is 12.3 Å². The lowest BCUT2D eigenvalue weighted by Gasteiger charge is -1.96. The molecule has 0 fully saturated rings. The van der Waals surface area contributed by atoms with E-state index < -0.39 is 11.1 Å². The fourth-order valence-corrected chi connectivity index (χ4v) is 0.551. The zero-order valence-corrected chi connectivity index (χ0v) is 5.96. The second kappa shape index (κ2) is 5.21. The summed E-state index contributed by atoms with van der Waals surface area (Å²) in [5, 5.41) is 0. The van der Waals surface area contributed by atoms with E-state index in [4.69, 9.17) is 0 Å². The number of hydrogen-bond donors (Lipinski definition) is 1. The maximum Gasteiger partial charge on any atom is 0.172 e. The van der Waals surface area contributed by atoms with Gasteiger partial charge in [-0.15, -0.1) is 0 Å². The summed E-state index contributed by atoms with van der Waals surface area (Å²) in [6.07, 6.45) is 0. The van der Waals surface area contributed by atoms with Gasteiger partial charge in [-0.2, -0.15) is 5.48 Å². The van der Waals surface area contributed by atoms with Crippen LogP contribution in [0.1, 0.15) is 13.8 Å². The van der Waals surface area contributed by atoms with Crippen molar-refractivity contribution >= 4 is 11.1 Å². The van der Waals surface area contributed by atoms with Gasteiger partial charge in [-0.25, -0.2) is 8.49 Å². The van der Waals surface area contributed by atoms with E-state index in [9.17, 15) is 4.21 Å². The van der Waals surface area contributed by atoms with Gasteiger partial charge in [0.05, 0.1) is 0 Å². The fraction of sp³-hybridized carbons (Fsp3) is 1.00. The van der Waals surface area contributed by atoms with E-state index in [1.165, 1.54) is 0 Å². The van der Waals surface area contributed by atoms with Crippen LogP contribution in [0.3, 0.4) is 0 Å². The summed E-state index contributed by atoms with van der Waals surface area (Å²) in [4.78, 5) is 0. The van der Waals surface area contributed by atoms with Crippen LogP contribution in [0.15, 0.2) is 0 Å². The summed E-state index contributed by atoms with van der Waals surface area (Å²) >= 11 is -1.14. The first-order valence-electron chi connectivity index (χ1n) is 2.59. The smallest absolute Gasteiger partial charge is 0.172 e. The average Bonchev–Trinajstić information content (AvgIpc) is 1.83. The van der Waals surface area contributed by atoms with Crippen LogP contribution >= 0.6 is 0 Å². The standard InChI is InChI=1S/C4H11NO2S/c1-3-5-7-8(6)4-2/h5H,3-4H2,1-2H3. The topological polar surface area (TPSA) is 38.3 Å². The van der Waals surface area contributed by atoms with E-state index in [0.29, 0.717) is 12.3 Å². The lowest BCUT2D eigenvalue weighted by atomic mass is 10.8. The Labute approximate surface area is 52.0 Å². The molecule has 0 saturated heterocycles. The number of hydroxylamine groups is 1. The zero-order valence-electron chi connectivity index (χ0n) is 5.14. The number of rotatable bonds is 4. The second-order valence-electron chi connectivity index (χ2n) is 1.17. The predicted octanol–water partition coefficient (Wildman–Crippen LogP) is 0.211. The minimum absolute atomic E-state index is 0.535. The highest BCUT2D eigenvalue weighted by atomic mass is 32.2. The van der Waals surface area contributed by atoms with Crippen molar-refractivity contribution in [3.8, 4) is 0 Å². The highest BCUT2D eigenvalue weighted by Crippen LogP contribution is 1.77. The Morgan fingerprint density at radius 1 is 1.62 bits per heavy atom. The van der Waals surface area contributed by atoms with Gasteiger partial charge in [0.25, 0.3) is 0 Å². The normalized spacial score (nSPS) is 13.8. The average molecular weight is 137 g/mol. The maximum atomic E-state index is 10.4. The molecule has 0 aliphatic rings. The Balaban J connectivity index is 2.99. The molecule has 1 unspecified atom stereocenters. The molecule has 1 N–H and O–H groups in total. The fourth-order valence-electron chi connectivity index (χ4n) is 0.184. The van der Waals surface area contributed by atoms with Crippen LogP contribution in [-0.4, -0.2) is 16.5 Å². The molecule has 1 atom stereocenters. The highest BCUT2D eigenvalue weighted by molar-refractivity contribution is 7.80. The molecular weight excluding hydrogens is 126 g/mol. The molecule has 0 aromatic rings. The monoisotopic (exact) mass is 137 g/mol. The molecule has 8 heavy (non-hydrogen) atoms. The van der Waals surface area contributed by atoms with Crippen molar-refractivity contribution in [2.45, 2.75) is 13.8 Å². The quantitative estimate of drug-likeness (QED) is 0.563. The van der Waals surface area contributed by atoms with E-state index >= 15 is 0 Å². The molecule has 0 radical (unpaired) electrons. The van der Waals surface area contributed by atoms with Crippen molar-refractivity contribution in [3.05, 3.63) is 0 Å². The lowest BCUT2D eigenvalue weighted by molar-refractivity contribution is 0.229. The van der Waals surface area contributed by atoms with Crippen molar-refractivity contribution in [3.63, 3.8) is 0 Å². The molecule has 0 aromatic heterocycles. The van der Waals surface area contributed by atoms with Gasteiger partial charge >= 0.3 is 0 Å². The first kappa shape index (κ1) is 8.07. The van der Waals surface area contributed by atoms with Gasteiger partial charge in [0.2, 0.25) is 0 Å². The number of nitrogens with one attached hydrogen (secondary N) is 1. The van der Waals surface area contributed by atoms with Gasteiger partial charge in [-0.3, -0.25) is 0 Å². The van der Waals surface area contributed by atoms with Crippen molar-refractivity contribution in [1.82, 2.24) is 5.48 Å². The molecule has 0 saturated carbocycles. The van der Waals surface area contributed by atoms with Crippen molar-refractivity contribution in [1.29, 1.82) is 0 Å². The van der Waals surface area contributed by atoms with E-state index in [0.717, 1.165) is 0 Å². The van der Waals surface area contributed by atoms with Gasteiger partial charge in [0, 0.05) is 12.3 Å². The van der Waals surface area contributed by atoms with Gasteiger partial charge < -0.3 is 0 Å². The molecule has 0 aliphatic heterocycles. The Kier molecular flexibility index (Phi) is 5.26. The van der Waals surface area contributed by atoms with Crippen molar-refractivity contribution < 1.29 is 8.49 Å². The van der Waals surface area contributed by atoms with Crippen LogP contribution in [0.2, 0.25) is 0 Å². The Morgan fingerprint density at radius 3 is 2.62 bits per heavy atom. The van der Waals surface area contributed by atoms with Crippen LogP contribution < -0.4 is 5.48 Å². The van der Waals surface area contributed by atoms with Gasteiger partial charge in [-0.1, -0.05) is 13.8 Å². The third kappa shape index (κ3) is 4.23. The zero-order chi connectivity index (χ0) is 6.41. The SMILES string of the molecule is CCNOS(=O)CC. The summed E-state index contributed by atoms with van der Waals surface area (Å²) in [5.74, 6) is 0.535. The minimum atomic E-state index is -1.14. The van der Waals surface area contributed by atoms with Crippen LogP contribution in [0, 0.1) is 0 Å². The van der Waals surface area contributed by atoms with Crippen LogP contribution in [-0.2, 0) is 15.4 Å². The molecule has 3 nitrogen and oxygen atoms in total. The largest absolute Gasteiger partial charge is 0.228 e. The molecule has 0 heterocycles. The van der Waals surface area contributed by atoms with Gasteiger partial charge in [0.15, 0.2) is 11.1 Å². The molecule has 0 aromatic carbocycles. The molecular formula is C4H11NO2S. The summed E-state index contributed by atoms with van der Waals surface area (Å²) in [5.41, 5.74) is 2.50. The molecule has 0 spiro atoms. The van der Waals surface area contributed by atoms with E-state index in [-0.39, 0.29) is 0 Å².